The zero-order valence-electron chi connectivity index (χ0n) is 13.9. The van der Waals surface area contributed by atoms with Crippen molar-refractivity contribution < 1.29 is 4.79 Å². The maximum Gasteiger partial charge on any atom is 0.227 e. The molecule has 0 unspecified atom stereocenters. The van der Waals surface area contributed by atoms with E-state index in [1.807, 2.05) is 42.5 Å². The Morgan fingerprint density at radius 2 is 1.84 bits per heavy atom. The number of nitrogens with zero attached hydrogens (tertiary/aromatic N) is 1. The lowest BCUT2D eigenvalue weighted by atomic mass is 9.95. The highest BCUT2D eigenvalue weighted by Gasteiger charge is 2.31. The maximum absolute atomic E-state index is 12.3. The minimum Gasteiger partial charge on any atom is -0.340 e. The molecule has 1 heterocycles. The molecule has 5 nitrogen and oxygen atoms in total. The summed E-state index contributed by atoms with van der Waals surface area (Å²) >= 11 is 0. The second-order valence-electron chi connectivity index (χ2n) is 5.95. The number of carbonyl (C=O) groups excluding carboxylic acids is 1. The van der Waals surface area contributed by atoms with Gasteiger partial charge in [-0.3, -0.25) is 4.79 Å². The van der Waals surface area contributed by atoms with Gasteiger partial charge >= 0.3 is 0 Å². The summed E-state index contributed by atoms with van der Waals surface area (Å²) in [4.78, 5) is 16.7. The van der Waals surface area contributed by atoms with Gasteiger partial charge in [0, 0.05) is 11.6 Å². The van der Waals surface area contributed by atoms with Crippen molar-refractivity contribution in [3.05, 3.63) is 48.7 Å². The topological polar surface area (TPSA) is 80.0 Å². The lowest BCUT2D eigenvalue weighted by molar-refractivity contribution is -0.120. The van der Waals surface area contributed by atoms with E-state index in [2.05, 4.69) is 15.6 Å². The minimum atomic E-state index is 0. The molecule has 0 spiro atoms. The lowest BCUT2D eigenvalue weighted by Gasteiger charge is -2.17. The fourth-order valence-corrected chi connectivity index (χ4v) is 3.11. The van der Waals surface area contributed by atoms with Crippen molar-refractivity contribution >= 4 is 47.9 Å². The van der Waals surface area contributed by atoms with Crippen molar-refractivity contribution in [2.75, 3.05) is 17.2 Å². The first-order valence-corrected chi connectivity index (χ1v) is 8.05. The Morgan fingerprint density at radius 3 is 2.48 bits per heavy atom. The molecule has 0 radical (unpaired) electrons. The number of rotatable bonds is 5. The van der Waals surface area contributed by atoms with Gasteiger partial charge in [0.15, 0.2) is 0 Å². The molecule has 1 fully saturated rings. The van der Waals surface area contributed by atoms with Crippen LogP contribution in [0.15, 0.2) is 48.7 Å². The number of anilines is 3. The zero-order valence-corrected chi connectivity index (χ0v) is 15.5. The summed E-state index contributed by atoms with van der Waals surface area (Å²) < 4.78 is 0. The van der Waals surface area contributed by atoms with Gasteiger partial charge in [-0.2, -0.15) is 0 Å². The molecule has 1 aromatic carbocycles. The molecule has 4 N–H and O–H groups in total. The Bertz CT molecular complexity index is 652. The molecule has 136 valence electrons. The number of hydrogen-bond acceptors (Lipinski definition) is 4. The largest absolute Gasteiger partial charge is 0.340 e. The molecular weight excluding hydrogens is 359 g/mol. The summed E-state index contributed by atoms with van der Waals surface area (Å²) in [7, 11) is 0. The third kappa shape index (κ3) is 5.59. The zero-order chi connectivity index (χ0) is 16.1. The Balaban J connectivity index is 0.00000156. The van der Waals surface area contributed by atoms with Crippen LogP contribution in [-0.4, -0.2) is 17.4 Å². The number of amides is 1. The highest BCUT2D eigenvalue weighted by Crippen LogP contribution is 2.31. The molecule has 3 rings (SSSR count). The van der Waals surface area contributed by atoms with Crippen LogP contribution in [0.4, 0.5) is 17.2 Å². The van der Waals surface area contributed by atoms with Gasteiger partial charge < -0.3 is 16.4 Å². The van der Waals surface area contributed by atoms with Crippen LogP contribution in [0.2, 0.25) is 0 Å². The molecule has 0 saturated heterocycles. The molecular formula is C18H24Cl2N4O. The van der Waals surface area contributed by atoms with Crippen LogP contribution in [-0.2, 0) is 4.79 Å². The number of nitrogens with two attached hydrogens (primary N) is 1. The number of nitrogens with one attached hydrogen (secondary N) is 2. The molecule has 0 aliphatic heterocycles. The van der Waals surface area contributed by atoms with Crippen molar-refractivity contribution in [2.45, 2.75) is 19.3 Å². The lowest BCUT2D eigenvalue weighted by Crippen LogP contribution is -2.29. The molecule has 2 aromatic rings. The maximum atomic E-state index is 12.3. The van der Waals surface area contributed by atoms with Crippen molar-refractivity contribution in [2.24, 2.45) is 17.6 Å². The van der Waals surface area contributed by atoms with Crippen molar-refractivity contribution in [1.29, 1.82) is 0 Å². The van der Waals surface area contributed by atoms with Crippen LogP contribution in [0.25, 0.3) is 0 Å². The van der Waals surface area contributed by atoms with E-state index in [-0.39, 0.29) is 36.6 Å². The number of para-hydroxylation sites is 1. The Hall–Kier alpha value is -1.82. The third-order valence-electron chi connectivity index (χ3n) is 4.38. The van der Waals surface area contributed by atoms with Gasteiger partial charge in [0.05, 0.1) is 11.9 Å². The van der Waals surface area contributed by atoms with Gasteiger partial charge in [-0.05, 0) is 49.6 Å². The van der Waals surface area contributed by atoms with Gasteiger partial charge in [-0.25, -0.2) is 4.98 Å². The van der Waals surface area contributed by atoms with Crippen molar-refractivity contribution in [1.82, 2.24) is 4.98 Å². The normalized spacial score (nSPS) is 18.6. The van der Waals surface area contributed by atoms with Gasteiger partial charge in [0.2, 0.25) is 5.91 Å². The van der Waals surface area contributed by atoms with Crippen molar-refractivity contribution in [3.63, 3.8) is 0 Å². The SMILES string of the molecule is Cl.Cl.NC[C@H]1CCC[C@H]1C(=O)Nc1ccc(Nc2ccccc2)nc1. The predicted octanol–water partition coefficient (Wildman–Crippen LogP) is 3.98. The summed E-state index contributed by atoms with van der Waals surface area (Å²) in [6, 6.07) is 13.6. The molecule has 1 aromatic heterocycles. The second-order valence-corrected chi connectivity index (χ2v) is 5.95. The van der Waals surface area contributed by atoms with E-state index in [0.717, 1.165) is 36.5 Å². The average molecular weight is 383 g/mol. The molecule has 1 saturated carbocycles. The molecule has 7 heteroatoms. The number of pyridine rings is 1. The van der Waals surface area contributed by atoms with E-state index in [4.69, 9.17) is 5.73 Å². The Morgan fingerprint density at radius 1 is 1.08 bits per heavy atom. The highest BCUT2D eigenvalue weighted by atomic mass is 35.5. The van der Waals surface area contributed by atoms with E-state index in [1.54, 1.807) is 6.20 Å². The molecule has 0 bridgehead atoms. The second kappa shape index (κ2) is 10.2. The summed E-state index contributed by atoms with van der Waals surface area (Å²) in [5.41, 5.74) is 7.45. The average Bonchev–Trinajstić information content (AvgIpc) is 3.06. The smallest absolute Gasteiger partial charge is 0.227 e. The molecule has 1 aliphatic rings. The summed E-state index contributed by atoms with van der Waals surface area (Å²) in [5.74, 6) is 1.14. The van der Waals surface area contributed by atoms with Crippen LogP contribution in [0.1, 0.15) is 19.3 Å². The molecule has 2 atom stereocenters. The summed E-state index contributed by atoms with van der Waals surface area (Å²) in [5, 5.41) is 6.17. The van der Waals surface area contributed by atoms with Gasteiger partial charge in [-0.1, -0.05) is 24.6 Å². The van der Waals surface area contributed by atoms with Crippen LogP contribution in [0.5, 0.6) is 0 Å². The van der Waals surface area contributed by atoms with Gasteiger partial charge in [-0.15, -0.1) is 24.8 Å². The number of hydrogen-bond donors (Lipinski definition) is 3. The standard InChI is InChI=1S/C18H22N4O.2ClH/c19-11-13-5-4-8-16(13)18(23)22-15-9-10-17(20-12-15)21-14-6-2-1-3-7-14;;/h1-3,6-7,9-10,12-13,16H,4-5,8,11,19H2,(H,20,21)(H,22,23);2*1H/t13-,16-;;/m1../s1. The number of aromatic nitrogens is 1. The Kier molecular flexibility index (Phi) is 8.69. The Labute approximate surface area is 160 Å². The van der Waals surface area contributed by atoms with E-state index >= 15 is 0 Å². The number of benzene rings is 1. The van der Waals surface area contributed by atoms with Gasteiger partial charge in [0.1, 0.15) is 5.82 Å². The number of carbonyl (C=O) groups is 1. The van der Waals surface area contributed by atoms with E-state index in [0.29, 0.717) is 12.5 Å². The first-order valence-electron chi connectivity index (χ1n) is 8.05. The predicted molar refractivity (Wildman–Crippen MR) is 107 cm³/mol. The van der Waals surface area contributed by atoms with Gasteiger partial charge in [0.25, 0.3) is 0 Å². The summed E-state index contributed by atoms with van der Waals surface area (Å²) in [6.45, 7) is 0.580. The first kappa shape index (κ1) is 21.2. The fraction of sp³-hybridized carbons (Fsp3) is 0.333. The van der Waals surface area contributed by atoms with E-state index in [1.165, 1.54) is 0 Å². The minimum absolute atomic E-state index is 0. The monoisotopic (exact) mass is 382 g/mol. The van der Waals surface area contributed by atoms with E-state index in [9.17, 15) is 4.79 Å². The van der Waals surface area contributed by atoms with Crippen LogP contribution < -0.4 is 16.4 Å². The summed E-state index contributed by atoms with van der Waals surface area (Å²) in [6.07, 6.45) is 4.73. The molecule has 1 aliphatic carbocycles. The highest BCUT2D eigenvalue weighted by molar-refractivity contribution is 5.92. The van der Waals surface area contributed by atoms with Crippen LogP contribution in [0, 0.1) is 11.8 Å². The third-order valence-corrected chi connectivity index (χ3v) is 4.38. The van der Waals surface area contributed by atoms with Crippen LogP contribution in [0.3, 0.4) is 0 Å². The fourth-order valence-electron chi connectivity index (χ4n) is 3.11. The van der Waals surface area contributed by atoms with Crippen molar-refractivity contribution in [3.8, 4) is 0 Å². The van der Waals surface area contributed by atoms with E-state index < -0.39 is 0 Å². The number of halogens is 2. The van der Waals surface area contributed by atoms with Crippen LogP contribution >= 0.6 is 24.8 Å². The molecule has 1 amide bonds. The first-order chi connectivity index (χ1) is 11.3. The molecule has 25 heavy (non-hydrogen) atoms. The quantitative estimate of drug-likeness (QED) is 0.730.